The van der Waals surface area contributed by atoms with Gasteiger partial charge in [0.25, 0.3) is 5.91 Å². The molecule has 2 aromatic rings. The van der Waals surface area contributed by atoms with Gasteiger partial charge in [-0.1, -0.05) is 24.6 Å². The summed E-state index contributed by atoms with van der Waals surface area (Å²) in [5, 5.41) is 16.2. The largest absolute Gasteiger partial charge is 0.493 e. The zero-order valence-corrected chi connectivity index (χ0v) is 15.1. The molecule has 0 spiro atoms. The maximum atomic E-state index is 12.4. The molecule has 0 bridgehead atoms. The van der Waals surface area contributed by atoms with Gasteiger partial charge in [-0.3, -0.25) is 4.79 Å². The van der Waals surface area contributed by atoms with Crippen LogP contribution in [0.5, 0.6) is 5.88 Å². The summed E-state index contributed by atoms with van der Waals surface area (Å²) in [6.45, 7) is 6.01. The molecule has 1 heterocycles. The third-order valence-corrected chi connectivity index (χ3v) is 3.88. The van der Waals surface area contributed by atoms with E-state index in [0.717, 1.165) is 6.42 Å². The molecule has 1 aromatic carbocycles. The van der Waals surface area contributed by atoms with E-state index < -0.39 is 5.91 Å². The molecule has 25 heavy (non-hydrogen) atoms. The first-order valence-electron chi connectivity index (χ1n) is 7.89. The average molecular weight is 361 g/mol. The number of hydrogen-bond acceptors (Lipinski definition) is 3. The van der Waals surface area contributed by atoms with Crippen LogP contribution in [0.2, 0.25) is 5.02 Å². The fourth-order valence-electron chi connectivity index (χ4n) is 1.87. The summed E-state index contributed by atoms with van der Waals surface area (Å²) in [5.74, 6) is 0.0915. The molecule has 0 saturated heterocycles. The molecule has 0 atom stereocenters. The van der Waals surface area contributed by atoms with Crippen molar-refractivity contribution < 1.29 is 9.90 Å². The Labute approximate surface area is 152 Å². The Kier molecular flexibility index (Phi) is 5.98. The first-order chi connectivity index (χ1) is 11.8. The van der Waals surface area contributed by atoms with Crippen molar-refractivity contribution in [3.05, 3.63) is 53.1 Å². The van der Waals surface area contributed by atoms with Crippen LogP contribution < -0.4 is 10.6 Å². The summed E-state index contributed by atoms with van der Waals surface area (Å²) in [7, 11) is 0. The Morgan fingerprint density at radius 3 is 2.52 bits per heavy atom. The Bertz CT molecular complexity index is 773. The molecule has 132 valence electrons. The number of amides is 1. The Morgan fingerprint density at radius 2 is 1.92 bits per heavy atom. The van der Waals surface area contributed by atoms with E-state index in [1.54, 1.807) is 36.4 Å². The van der Waals surface area contributed by atoms with Crippen LogP contribution in [0.25, 0.3) is 0 Å². The Morgan fingerprint density at radius 1 is 1.24 bits per heavy atom. The van der Waals surface area contributed by atoms with Gasteiger partial charge in [-0.15, -0.1) is 0 Å². The molecule has 0 saturated carbocycles. The Balaban J connectivity index is 2.29. The fourth-order valence-corrected chi connectivity index (χ4v) is 1.99. The van der Waals surface area contributed by atoms with E-state index in [1.807, 2.05) is 20.8 Å². The zero-order valence-electron chi connectivity index (χ0n) is 14.4. The quantitative estimate of drug-likeness (QED) is 0.570. The fraction of sp³-hybridized carbons (Fsp3) is 0.278. The number of hydrogen-bond donors (Lipinski definition) is 3. The predicted octanol–water partition coefficient (Wildman–Crippen LogP) is 3.83. The summed E-state index contributed by atoms with van der Waals surface area (Å²) in [6, 6.07) is 11.3. The van der Waals surface area contributed by atoms with Gasteiger partial charge in [0.2, 0.25) is 11.8 Å². The molecule has 6 nitrogen and oxygen atoms in total. The maximum absolute atomic E-state index is 12.4. The van der Waals surface area contributed by atoms with Gasteiger partial charge in [0.1, 0.15) is 5.82 Å². The molecule has 0 fully saturated rings. The summed E-state index contributed by atoms with van der Waals surface area (Å²) in [4.78, 5) is 20.5. The first-order valence-corrected chi connectivity index (χ1v) is 8.27. The van der Waals surface area contributed by atoms with E-state index >= 15 is 0 Å². The number of guanidine groups is 1. The molecular formula is C18H21ClN4O2. The van der Waals surface area contributed by atoms with E-state index in [-0.39, 0.29) is 17.4 Å². The van der Waals surface area contributed by atoms with Crippen LogP contribution >= 0.6 is 11.6 Å². The van der Waals surface area contributed by atoms with Crippen LogP contribution in [-0.4, -0.2) is 27.5 Å². The van der Waals surface area contributed by atoms with E-state index in [9.17, 15) is 9.90 Å². The average Bonchev–Trinajstić information content (AvgIpc) is 2.55. The van der Waals surface area contributed by atoms with E-state index in [0.29, 0.717) is 16.4 Å². The number of benzene rings is 1. The van der Waals surface area contributed by atoms with Crippen molar-refractivity contribution in [2.45, 2.75) is 32.7 Å². The van der Waals surface area contributed by atoms with Gasteiger partial charge in [-0.2, -0.15) is 9.98 Å². The minimum atomic E-state index is -0.418. The molecule has 0 radical (unpaired) electrons. The number of aromatic hydroxyl groups is 1. The van der Waals surface area contributed by atoms with Crippen molar-refractivity contribution in [1.82, 2.24) is 10.3 Å². The second-order valence-electron chi connectivity index (χ2n) is 6.14. The van der Waals surface area contributed by atoms with Crippen molar-refractivity contribution in [2.75, 3.05) is 5.32 Å². The highest BCUT2D eigenvalue weighted by Crippen LogP contribution is 2.13. The predicted molar refractivity (Wildman–Crippen MR) is 100 cm³/mol. The number of aliphatic imine (C=N–C) groups is 1. The lowest BCUT2D eigenvalue weighted by atomic mass is 10.0. The van der Waals surface area contributed by atoms with Gasteiger partial charge in [0, 0.05) is 22.2 Å². The first kappa shape index (κ1) is 18.7. The minimum Gasteiger partial charge on any atom is -0.493 e. The molecule has 0 aliphatic rings. The van der Waals surface area contributed by atoms with Gasteiger partial charge in [-0.05, 0) is 50.6 Å². The van der Waals surface area contributed by atoms with Crippen LogP contribution in [0.4, 0.5) is 5.82 Å². The zero-order chi connectivity index (χ0) is 18.4. The van der Waals surface area contributed by atoms with Crippen molar-refractivity contribution >= 4 is 29.3 Å². The van der Waals surface area contributed by atoms with E-state index in [4.69, 9.17) is 11.6 Å². The molecule has 3 N–H and O–H groups in total. The lowest BCUT2D eigenvalue weighted by Crippen LogP contribution is -2.46. The van der Waals surface area contributed by atoms with Crippen molar-refractivity contribution in [3.63, 3.8) is 0 Å². The van der Waals surface area contributed by atoms with Crippen LogP contribution in [0.1, 0.15) is 37.6 Å². The van der Waals surface area contributed by atoms with Crippen LogP contribution in [0, 0.1) is 0 Å². The molecule has 1 amide bonds. The summed E-state index contributed by atoms with van der Waals surface area (Å²) < 4.78 is 0. The van der Waals surface area contributed by atoms with Gasteiger partial charge in [0.15, 0.2) is 0 Å². The standard InChI is InChI=1S/C18H21ClN4O2/c1-4-18(2,3)23-17(21-14-6-5-7-15(24)20-14)22-16(25)12-8-10-13(19)11-9-12/h5-11H,4H2,1-3H3,(H3,20,21,22,23,24,25). The highest BCUT2D eigenvalue weighted by Gasteiger charge is 2.18. The van der Waals surface area contributed by atoms with E-state index in [2.05, 4.69) is 20.6 Å². The summed E-state index contributed by atoms with van der Waals surface area (Å²) in [5.41, 5.74) is 0.131. The molecule has 0 aliphatic heterocycles. The lowest BCUT2D eigenvalue weighted by molar-refractivity contribution is 0.100. The number of carbonyl (C=O) groups excluding carboxylic acids is 1. The number of rotatable bonds is 4. The van der Waals surface area contributed by atoms with Crippen LogP contribution in [0.3, 0.4) is 0 Å². The highest BCUT2D eigenvalue weighted by molar-refractivity contribution is 6.30. The summed E-state index contributed by atoms with van der Waals surface area (Å²) >= 11 is 5.85. The van der Waals surface area contributed by atoms with Gasteiger partial charge in [0.05, 0.1) is 0 Å². The molecule has 2 rings (SSSR count). The molecule has 0 aliphatic carbocycles. The van der Waals surface area contributed by atoms with E-state index in [1.165, 1.54) is 6.07 Å². The summed E-state index contributed by atoms with van der Waals surface area (Å²) in [6.07, 6.45) is 0.816. The normalized spacial score (nSPS) is 11.9. The second-order valence-corrected chi connectivity index (χ2v) is 6.58. The lowest BCUT2D eigenvalue weighted by Gasteiger charge is -2.26. The monoisotopic (exact) mass is 360 g/mol. The number of pyridine rings is 1. The number of anilines is 1. The second kappa shape index (κ2) is 7.98. The number of nitrogens with zero attached hydrogens (tertiary/aromatic N) is 2. The number of carbonyl (C=O) groups is 1. The molecular weight excluding hydrogens is 340 g/mol. The van der Waals surface area contributed by atoms with Crippen LogP contribution in [-0.2, 0) is 0 Å². The van der Waals surface area contributed by atoms with Gasteiger partial charge in [-0.25, -0.2) is 0 Å². The van der Waals surface area contributed by atoms with Crippen molar-refractivity contribution in [2.24, 2.45) is 4.99 Å². The van der Waals surface area contributed by atoms with Gasteiger partial charge < -0.3 is 15.7 Å². The maximum Gasteiger partial charge on any atom is 0.280 e. The molecule has 7 heteroatoms. The smallest absolute Gasteiger partial charge is 0.280 e. The minimum absolute atomic E-state index is 0.122. The van der Waals surface area contributed by atoms with Crippen molar-refractivity contribution in [1.29, 1.82) is 0 Å². The third-order valence-electron chi connectivity index (χ3n) is 3.63. The number of nitrogens with one attached hydrogen (secondary N) is 2. The van der Waals surface area contributed by atoms with Gasteiger partial charge >= 0.3 is 0 Å². The highest BCUT2D eigenvalue weighted by atomic mass is 35.5. The molecule has 0 unspecified atom stereocenters. The Hall–Kier alpha value is -2.60. The van der Waals surface area contributed by atoms with Crippen LogP contribution in [0.15, 0.2) is 47.5 Å². The third kappa shape index (κ3) is 5.76. The topological polar surface area (TPSA) is 86.6 Å². The molecule has 1 aromatic heterocycles. The number of halogens is 1. The SMILES string of the molecule is CCC(C)(C)N/C(=N/C(=O)c1ccc(Cl)cc1)Nc1cccc(O)n1. The number of aromatic nitrogens is 1. The van der Waals surface area contributed by atoms with Crippen molar-refractivity contribution in [3.8, 4) is 5.88 Å².